The first kappa shape index (κ1) is 11.8. The van der Waals surface area contributed by atoms with E-state index in [0.29, 0.717) is 10.8 Å². The van der Waals surface area contributed by atoms with Gasteiger partial charge in [0, 0.05) is 5.02 Å². The Kier molecular flexibility index (Phi) is 2.90. The van der Waals surface area contributed by atoms with Crippen molar-refractivity contribution in [3.8, 4) is 0 Å². The highest BCUT2D eigenvalue weighted by Gasteiger charge is 2.52. The number of ketones is 1. The second kappa shape index (κ2) is 4.43. The number of benzene rings is 1. The molecule has 1 aromatic carbocycles. The van der Waals surface area contributed by atoms with Gasteiger partial charge in [0.2, 0.25) is 5.78 Å². The van der Waals surface area contributed by atoms with Crippen LogP contribution in [0.2, 0.25) is 5.02 Å². The van der Waals surface area contributed by atoms with Crippen molar-refractivity contribution in [2.75, 3.05) is 0 Å². The number of ether oxygens (including phenoxy) is 1. The highest BCUT2D eigenvalue weighted by Crippen LogP contribution is 2.43. The van der Waals surface area contributed by atoms with Gasteiger partial charge >= 0.3 is 0 Å². The lowest BCUT2D eigenvalue weighted by Crippen LogP contribution is -2.53. The maximum Gasteiger partial charge on any atom is 0.240 e. The van der Waals surface area contributed by atoms with E-state index in [1.807, 2.05) is 24.3 Å². The molecule has 2 fully saturated rings. The summed E-state index contributed by atoms with van der Waals surface area (Å²) in [6.07, 6.45) is 6.97. The van der Waals surface area contributed by atoms with Crippen LogP contribution in [0, 0.1) is 0 Å². The zero-order chi connectivity index (χ0) is 12.6. The fourth-order valence-electron chi connectivity index (χ4n) is 2.74. The Labute approximate surface area is 112 Å². The maximum absolute atomic E-state index is 12.2. The summed E-state index contributed by atoms with van der Waals surface area (Å²) in [5, 5.41) is 0.696. The van der Waals surface area contributed by atoms with Gasteiger partial charge in [-0.05, 0) is 49.5 Å². The monoisotopic (exact) mass is 262 g/mol. The molecule has 1 saturated heterocycles. The molecule has 94 valence electrons. The van der Waals surface area contributed by atoms with Gasteiger partial charge in [-0.15, -0.1) is 0 Å². The number of hydrogen-bond donors (Lipinski definition) is 0. The molecular formula is C15H15ClO2. The average molecular weight is 263 g/mol. The third-order valence-corrected chi connectivity index (χ3v) is 4.02. The van der Waals surface area contributed by atoms with Crippen LogP contribution in [0.3, 0.4) is 0 Å². The Bertz CT molecular complexity index is 496. The molecule has 1 aliphatic carbocycles. The molecule has 0 amide bonds. The minimum Gasteiger partial charge on any atom is -0.475 e. The first-order valence-electron chi connectivity index (χ1n) is 6.41. The molecular weight excluding hydrogens is 248 g/mol. The van der Waals surface area contributed by atoms with E-state index >= 15 is 0 Å². The van der Waals surface area contributed by atoms with Gasteiger partial charge < -0.3 is 4.74 Å². The number of rotatable bonds is 1. The Morgan fingerprint density at radius 1 is 1.11 bits per heavy atom. The molecule has 1 aliphatic heterocycles. The topological polar surface area (TPSA) is 26.3 Å². The maximum atomic E-state index is 12.2. The van der Waals surface area contributed by atoms with Crippen molar-refractivity contribution in [2.24, 2.45) is 0 Å². The van der Waals surface area contributed by atoms with Crippen molar-refractivity contribution in [3.05, 3.63) is 40.6 Å². The standard InChI is InChI=1S/C15H15ClO2/c16-12-6-4-11(5-7-12)10-13-14(17)15(18-13)8-2-1-3-9-15/h4-7,10H,1-3,8-9H2/b13-10-. The molecule has 0 unspecified atom stereocenters. The van der Waals surface area contributed by atoms with Gasteiger partial charge in [0.15, 0.2) is 11.4 Å². The Hall–Kier alpha value is -1.28. The molecule has 1 spiro atoms. The quantitative estimate of drug-likeness (QED) is 0.716. The predicted octanol–water partition coefficient (Wildman–Crippen LogP) is 3.98. The smallest absolute Gasteiger partial charge is 0.240 e. The summed E-state index contributed by atoms with van der Waals surface area (Å²) >= 11 is 5.82. The van der Waals surface area contributed by atoms with Gasteiger partial charge in [0.1, 0.15) is 0 Å². The lowest BCUT2D eigenvalue weighted by atomic mass is 9.77. The second-order valence-corrected chi connectivity index (χ2v) is 5.48. The van der Waals surface area contributed by atoms with Gasteiger partial charge in [-0.3, -0.25) is 4.79 Å². The zero-order valence-electron chi connectivity index (χ0n) is 10.1. The van der Waals surface area contributed by atoms with Gasteiger partial charge in [-0.1, -0.05) is 30.2 Å². The van der Waals surface area contributed by atoms with Crippen molar-refractivity contribution in [2.45, 2.75) is 37.7 Å². The number of hydrogen-bond acceptors (Lipinski definition) is 2. The van der Waals surface area contributed by atoms with Crippen LogP contribution in [0.15, 0.2) is 30.0 Å². The zero-order valence-corrected chi connectivity index (χ0v) is 10.9. The number of carbonyl (C=O) groups is 1. The fourth-order valence-corrected chi connectivity index (χ4v) is 2.86. The molecule has 3 rings (SSSR count). The molecule has 3 heteroatoms. The van der Waals surface area contributed by atoms with Gasteiger partial charge in [-0.25, -0.2) is 0 Å². The molecule has 0 bridgehead atoms. The van der Waals surface area contributed by atoms with Crippen LogP contribution in [-0.4, -0.2) is 11.4 Å². The van der Waals surface area contributed by atoms with Crippen LogP contribution in [0.1, 0.15) is 37.7 Å². The molecule has 2 nitrogen and oxygen atoms in total. The summed E-state index contributed by atoms with van der Waals surface area (Å²) in [6, 6.07) is 7.40. The van der Waals surface area contributed by atoms with Crippen molar-refractivity contribution in [1.82, 2.24) is 0 Å². The van der Waals surface area contributed by atoms with Gasteiger partial charge in [0.05, 0.1) is 0 Å². The molecule has 1 aromatic rings. The molecule has 0 aromatic heterocycles. The summed E-state index contributed by atoms with van der Waals surface area (Å²) in [4.78, 5) is 12.2. The molecule has 1 saturated carbocycles. The van der Waals surface area contributed by atoms with Crippen LogP contribution in [0.25, 0.3) is 6.08 Å². The predicted molar refractivity (Wildman–Crippen MR) is 71.3 cm³/mol. The van der Waals surface area contributed by atoms with E-state index < -0.39 is 5.60 Å². The average Bonchev–Trinajstić information content (AvgIpc) is 2.41. The third-order valence-electron chi connectivity index (χ3n) is 3.77. The third kappa shape index (κ3) is 1.95. The highest BCUT2D eigenvalue weighted by molar-refractivity contribution is 6.30. The van der Waals surface area contributed by atoms with Crippen LogP contribution < -0.4 is 0 Å². The Balaban J connectivity index is 1.76. The van der Waals surface area contributed by atoms with Crippen LogP contribution in [0.5, 0.6) is 0 Å². The largest absolute Gasteiger partial charge is 0.475 e. The Morgan fingerprint density at radius 3 is 2.39 bits per heavy atom. The minimum absolute atomic E-state index is 0.178. The molecule has 1 heterocycles. The SMILES string of the molecule is O=C1/C(=C/c2ccc(Cl)cc2)OC12CCCCC2. The van der Waals surface area contributed by atoms with E-state index in [1.165, 1.54) is 6.42 Å². The lowest BCUT2D eigenvalue weighted by molar-refractivity contribution is -0.165. The summed E-state index contributed by atoms with van der Waals surface area (Å²) in [7, 11) is 0. The first-order valence-corrected chi connectivity index (χ1v) is 6.79. The molecule has 0 N–H and O–H groups in total. The van der Waals surface area contributed by atoms with Gasteiger partial charge in [0.25, 0.3) is 0 Å². The minimum atomic E-state index is -0.476. The van der Waals surface area contributed by atoms with Crippen LogP contribution in [0.4, 0.5) is 0 Å². The summed E-state index contributed by atoms with van der Waals surface area (Å²) in [5.41, 5.74) is 0.477. The summed E-state index contributed by atoms with van der Waals surface area (Å²) in [5.74, 6) is 0.677. The van der Waals surface area contributed by atoms with Crippen LogP contribution in [-0.2, 0) is 9.53 Å². The lowest BCUT2D eigenvalue weighted by Gasteiger charge is -2.44. The number of carbonyl (C=O) groups excluding carboxylic acids is 1. The van der Waals surface area contributed by atoms with E-state index in [2.05, 4.69) is 0 Å². The van der Waals surface area contributed by atoms with Crippen molar-refractivity contribution < 1.29 is 9.53 Å². The second-order valence-electron chi connectivity index (χ2n) is 5.05. The van der Waals surface area contributed by atoms with Crippen molar-refractivity contribution in [3.63, 3.8) is 0 Å². The number of halogens is 1. The van der Waals surface area contributed by atoms with E-state index in [4.69, 9.17) is 16.3 Å². The molecule has 0 atom stereocenters. The van der Waals surface area contributed by atoms with E-state index in [0.717, 1.165) is 31.2 Å². The molecule has 2 aliphatic rings. The molecule has 18 heavy (non-hydrogen) atoms. The number of Topliss-reactive ketones (excluding diaryl/α,β-unsaturated/α-hetero) is 1. The van der Waals surface area contributed by atoms with Crippen molar-refractivity contribution >= 4 is 23.5 Å². The van der Waals surface area contributed by atoms with Gasteiger partial charge in [-0.2, -0.15) is 0 Å². The van der Waals surface area contributed by atoms with E-state index in [-0.39, 0.29) is 5.78 Å². The molecule has 0 radical (unpaired) electrons. The summed E-state index contributed by atoms with van der Waals surface area (Å²) in [6.45, 7) is 0. The fraction of sp³-hybridized carbons (Fsp3) is 0.400. The highest BCUT2D eigenvalue weighted by atomic mass is 35.5. The van der Waals surface area contributed by atoms with E-state index in [9.17, 15) is 4.79 Å². The van der Waals surface area contributed by atoms with E-state index in [1.54, 1.807) is 6.08 Å². The first-order chi connectivity index (χ1) is 8.70. The van der Waals surface area contributed by atoms with Crippen LogP contribution >= 0.6 is 11.6 Å². The Morgan fingerprint density at radius 2 is 1.78 bits per heavy atom. The normalized spacial score (nSPS) is 23.8. The summed E-state index contributed by atoms with van der Waals surface area (Å²) < 4.78 is 5.79. The van der Waals surface area contributed by atoms with Crippen molar-refractivity contribution in [1.29, 1.82) is 0 Å².